The largest absolute Gasteiger partial charge is 0.456 e. The molecule has 106 valence electrons. The Morgan fingerprint density at radius 1 is 0.952 bits per heavy atom. The van der Waals surface area contributed by atoms with Gasteiger partial charge < -0.3 is 4.74 Å². The quantitative estimate of drug-likeness (QED) is 0.414. The van der Waals surface area contributed by atoms with Crippen LogP contribution >= 0.6 is 43.5 Å². The van der Waals surface area contributed by atoms with E-state index in [0.717, 1.165) is 31.4 Å². The minimum Gasteiger partial charge on any atom is -0.456 e. The van der Waals surface area contributed by atoms with Gasteiger partial charge in [-0.15, -0.1) is 11.6 Å². The van der Waals surface area contributed by atoms with E-state index in [2.05, 4.69) is 50.1 Å². The fourth-order valence-corrected chi connectivity index (χ4v) is 3.59. The highest BCUT2D eigenvalue weighted by molar-refractivity contribution is 9.11. The van der Waals surface area contributed by atoms with Crippen LogP contribution in [0.15, 0.2) is 63.5 Å². The van der Waals surface area contributed by atoms with Crippen LogP contribution in [0.5, 0.6) is 11.5 Å². The Morgan fingerprint density at radius 3 is 2.52 bits per heavy atom. The fourth-order valence-electron chi connectivity index (χ4n) is 2.12. The van der Waals surface area contributed by atoms with Gasteiger partial charge in [0.2, 0.25) is 0 Å². The summed E-state index contributed by atoms with van der Waals surface area (Å²) in [6, 6.07) is 18.0. The number of halogens is 3. The third-order valence-corrected chi connectivity index (χ3v) is 5.07. The molecule has 3 aromatic carbocycles. The standard InChI is InChI=1S/C17H11Br2ClO/c18-15-9-13(7-5-12(15)10-20)21-16-8-6-11-3-1-2-4-14(11)17(16)19/h1-9H,10H2. The lowest BCUT2D eigenvalue weighted by atomic mass is 10.1. The molecule has 0 spiro atoms. The zero-order valence-corrected chi connectivity index (χ0v) is 14.9. The van der Waals surface area contributed by atoms with Crippen molar-refractivity contribution in [2.75, 3.05) is 0 Å². The zero-order valence-electron chi connectivity index (χ0n) is 10.9. The Morgan fingerprint density at radius 2 is 1.76 bits per heavy atom. The summed E-state index contributed by atoms with van der Waals surface area (Å²) >= 11 is 13.0. The Bertz CT molecular complexity index is 802. The maximum atomic E-state index is 5.98. The molecule has 0 atom stereocenters. The average Bonchev–Trinajstić information content (AvgIpc) is 2.51. The van der Waals surface area contributed by atoms with E-state index in [1.54, 1.807) is 0 Å². The van der Waals surface area contributed by atoms with Gasteiger partial charge in [0.1, 0.15) is 11.5 Å². The van der Waals surface area contributed by atoms with Gasteiger partial charge in [-0.05, 0) is 50.5 Å². The molecule has 0 bridgehead atoms. The number of fused-ring (bicyclic) bond motifs is 1. The third-order valence-electron chi connectivity index (χ3n) is 3.22. The molecule has 0 heterocycles. The van der Waals surface area contributed by atoms with E-state index in [-0.39, 0.29) is 0 Å². The molecule has 3 rings (SSSR count). The maximum Gasteiger partial charge on any atom is 0.142 e. The summed E-state index contributed by atoms with van der Waals surface area (Å²) in [4.78, 5) is 0. The number of hydrogen-bond acceptors (Lipinski definition) is 1. The summed E-state index contributed by atoms with van der Waals surface area (Å²) in [5.41, 5.74) is 1.04. The van der Waals surface area contributed by atoms with Crippen molar-refractivity contribution in [2.45, 2.75) is 5.88 Å². The SMILES string of the molecule is ClCc1ccc(Oc2ccc3ccccc3c2Br)cc1Br. The van der Waals surface area contributed by atoms with Crippen LogP contribution in [0.25, 0.3) is 10.8 Å². The van der Waals surface area contributed by atoms with Gasteiger partial charge in [-0.2, -0.15) is 0 Å². The first kappa shape index (κ1) is 14.9. The van der Waals surface area contributed by atoms with Crippen LogP contribution in [-0.2, 0) is 5.88 Å². The van der Waals surface area contributed by atoms with Crippen molar-refractivity contribution in [3.8, 4) is 11.5 Å². The number of rotatable bonds is 3. The van der Waals surface area contributed by atoms with Crippen molar-refractivity contribution < 1.29 is 4.74 Å². The summed E-state index contributed by atoms with van der Waals surface area (Å²) in [7, 11) is 0. The van der Waals surface area contributed by atoms with Crippen molar-refractivity contribution in [2.24, 2.45) is 0 Å². The van der Waals surface area contributed by atoms with Crippen LogP contribution in [-0.4, -0.2) is 0 Å². The van der Waals surface area contributed by atoms with Gasteiger partial charge in [-0.25, -0.2) is 0 Å². The topological polar surface area (TPSA) is 9.23 Å². The molecule has 0 aliphatic heterocycles. The lowest BCUT2D eigenvalue weighted by Gasteiger charge is -2.11. The summed E-state index contributed by atoms with van der Waals surface area (Å²) in [5.74, 6) is 2.03. The third kappa shape index (κ3) is 3.10. The molecule has 21 heavy (non-hydrogen) atoms. The molecule has 0 unspecified atom stereocenters. The smallest absolute Gasteiger partial charge is 0.142 e. The Kier molecular flexibility index (Phi) is 4.53. The molecule has 0 saturated heterocycles. The van der Waals surface area contributed by atoms with E-state index in [4.69, 9.17) is 16.3 Å². The van der Waals surface area contributed by atoms with Gasteiger partial charge in [0, 0.05) is 10.4 Å². The van der Waals surface area contributed by atoms with Gasteiger partial charge in [-0.3, -0.25) is 0 Å². The minimum absolute atomic E-state index is 0.473. The predicted molar refractivity (Wildman–Crippen MR) is 95.4 cm³/mol. The highest BCUT2D eigenvalue weighted by Gasteiger charge is 2.08. The lowest BCUT2D eigenvalue weighted by Crippen LogP contribution is -1.88. The molecule has 0 aliphatic carbocycles. The first-order chi connectivity index (χ1) is 10.2. The molecule has 0 aliphatic rings. The van der Waals surface area contributed by atoms with E-state index in [0.29, 0.717) is 5.88 Å². The molecule has 0 aromatic heterocycles. The summed E-state index contributed by atoms with van der Waals surface area (Å²) < 4.78 is 7.89. The van der Waals surface area contributed by atoms with Crippen LogP contribution in [0, 0.1) is 0 Å². The van der Waals surface area contributed by atoms with Gasteiger partial charge >= 0.3 is 0 Å². The van der Waals surface area contributed by atoms with Crippen LogP contribution in [0.1, 0.15) is 5.56 Å². The molecule has 1 nitrogen and oxygen atoms in total. The molecule has 4 heteroatoms. The van der Waals surface area contributed by atoms with Gasteiger partial charge in [-0.1, -0.05) is 52.3 Å². The lowest BCUT2D eigenvalue weighted by molar-refractivity contribution is 0.480. The molecule has 3 aromatic rings. The van der Waals surface area contributed by atoms with E-state index in [1.807, 2.05) is 36.4 Å². The molecule has 0 N–H and O–H groups in total. The number of hydrogen-bond donors (Lipinski definition) is 0. The van der Waals surface area contributed by atoms with Crippen LogP contribution < -0.4 is 4.74 Å². The summed E-state index contributed by atoms with van der Waals surface area (Å²) in [6.07, 6.45) is 0. The van der Waals surface area contributed by atoms with Crippen molar-refractivity contribution in [3.05, 3.63) is 69.1 Å². The Labute approximate surface area is 145 Å². The number of ether oxygens (including phenoxy) is 1. The fraction of sp³-hybridized carbons (Fsp3) is 0.0588. The monoisotopic (exact) mass is 424 g/mol. The van der Waals surface area contributed by atoms with Crippen LogP contribution in [0.3, 0.4) is 0 Å². The Balaban J connectivity index is 1.98. The first-order valence-corrected chi connectivity index (χ1v) is 8.50. The van der Waals surface area contributed by atoms with E-state index < -0.39 is 0 Å². The maximum absolute atomic E-state index is 5.98. The molecule has 0 radical (unpaired) electrons. The number of alkyl halides is 1. The number of benzene rings is 3. The highest BCUT2D eigenvalue weighted by Crippen LogP contribution is 2.36. The average molecular weight is 427 g/mol. The van der Waals surface area contributed by atoms with Crippen LogP contribution in [0.2, 0.25) is 0 Å². The zero-order chi connectivity index (χ0) is 14.8. The van der Waals surface area contributed by atoms with Crippen molar-refractivity contribution in [3.63, 3.8) is 0 Å². The van der Waals surface area contributed by atoms with E-state index >= 15 is 0 Å². The second-order valence-corrected chi connectivity index (χ2v) is 6.50. The first-order valence-electron chi connectivity index (χ1n) is 6.38. The van der Waals surface area contributed by atoms with Gasteiger partial charge in [0.15, 0.2) is 0 Å². The molecular weight excluding hydrogens is 415 g/mol. The normalized spacial score (nSPS) is 10.8. The molecular formula is C17H11Br2ClO. The molecule has 0 fully saturated rings. The van der Waals surface area contributed by atoms with Crippen molar-refractivity contribution in [1.82, 2.24) is 0 Å². The second-order valence-electron chi connectivity index (χ2n) is 4.59. The minimum atomic E-state index is 0.473. The van der Waals surface area contributed by atoms with Crippen molar-refractivity contribution in [1.29, 1.82) is 0 Å². The predicted octanol–water partition coefficient (Wildman–Crippen LogP) is 6.90. The van der Waals surface area contributed by atoms with E-state index in [1.165, 1.54) is 5.39 Å². The van der Waals surface area contributed by atoms with Gasteiger partial charge in [0.05, 0.1) is 4.47 Å². The molecule has 0 saturated carbocycles. The summed E-state index contributed by atoms with van der Waals surface area (Å²) in [6.45, 7) is 0. The second kappa shape index (κ2) is 6.39. The Hall–Kier alpha value is -1.03. The highest BCUT2D eigenvalue weighted by atomic mass is 79.9. The van der Waals surface area contributed by atoms with Crippen LogP contribution in [0.4, 0.5) is 0 Å². The van der Waals surface area contributed by atoms with Gasteiger partial charge in [0.25, 0.3) is 0 Å². The molecule has 0 amide bonds. The summed E-state index contributed by atoms with van der Waals surface area (Å²) in [5, 5.41) is 2.31. The van der Waals surface area contributed by atoms with Crippen molar-refractivity contribution >= 4 is 54.2 Å². The van der Waals surface area contributed by atoms with E-state index in [9.17, 15) is 0 Å².